The number of amides is 1. The number of thioether (sulfide) groups is 2. The third-order valence-corrected chi connectivity index (χ3v) is 6.70. The van der Waals surface area contributed by atoms with Crippen LogP contribution in [0.3, 0.4) is 0 Å². The first-order valence-electron chi connectivity index (χ1n) is 8.14. The topological polar surface area (TPSA) is 54.9 Å². The summed E-state index contributed by atoms with van der Waals surface area (Å²) in [4.78, 5) is 13.5. The van der Waals surface area contributed by atoms with Gasteiger partial charge in [0.15, 0.2) is 4.34 Å². The number of nitrogens with one attached hydrogen (secondary N) is 1. The second-order valence-corrected chi connectivity index (χ2v) is 9.32. The van der Waals surface area contributed by atoms with Crippen LogP contribution >= 0.6 is 34.9 Å². The van der Waals surface area contributed by atoms with Crippen LogP contribution in [-0.2, 0) is 10.5 Å². The van der Waals surface area contributed by atoms with Crippen molar-refractivity contribution in [2.45, 2.75) is 34.1 Å². The van der Waals surface area contributed by atoms with Gasteiger partial charge < -0.3 is 0 Å². The second kappa shape index (κ2) is 9.21. The van der Waals surface area contributed by atoms with Crippen LogP contribution in [0.1, 0.15) is 18.1 Å². The first kappa shape index (κ1) is 18.9. The summed E-state index contributed by atoms with van der Waals surface area (Å²) in [6.07, 6.45) is 0. The number of carbonyl (C=O) groups is 1. The van der Waals surface area contributed by atoms with Gasteiger partial charge in [-0.05, 0) is 31.5 Å². The van der Waals surface area contributed by atoms with E-state index in [-0.39, 0.29) is 11.2 Å². The molecule has 0 saturated carbocycles. The Morgan fingerprint density at radius 2 is 1.85 bits per heavy atom. The zero-order valence-corrected chi connectivity index (χ0v) is 17.0. The quantitative estimate of drug-likeness (QED) is 0.432. The highest BCUT2D eigenvalue weighted by Crippen LogP contribution is 2.29. The molecular formula is C19H19N3OS3. The van der Waals surface area contributed by atoms with Gasteiger partial charge in [-0.25, -0.2) is 0 Å². The molecule has 1 aromatic heterocycles. The van der Waals surface area contributed by atoms with Crippen molar-refractivity contribution in [3.8, 4) is 0 Å². The molecule has 3 aromatic rings. The van der Waals surface area contributed by atoms with E-state index in [0.29, 0.717) is 5.13 Å². The van der Waals surface area contributed by atoms with Crippen molar-refractivity contribution in [3.63, 3.8) is 0 Å². The van der Waals surface area contributed by atoms with Gasteiger partial charge in [0.25, 0.3) is 0 Å². The number of aryl methyl sites for hydroxylation is 1. The van der Waals surface area contributed by atoms with Gasteiger partial charge in [0, 0.05) is 10.6 Å². The largest absolute Gasteiger partial charge is 0.300 e. The normalized spacial score (nSPS) is 11.9. The van der Waals surface area contributed by atoms with Crippen molar-refractivity contribution in [1.29, 1.82) is 0 Å². The number of benzene rings is 2. The Kier molecular flexibility index (Phi) is 6.71. The third kappa shape index (κ3) is 5.59. The molecule has 134 valence electrons. The van der Waals surface area contributed by atoms with Crippen LogP contribution in [0.25, 0.3) is 0 Å². The average Bonchev–Trinajstić information content (AvgIpc) is 3.10. The summed E-state index contributed by atoms with van der Waals surface area (Å²) >= 11 is 4.56. The van der Waals surface area contributed by atoms with Crippen LogP contribution < -0.4 is 5.32 Å². The molecule has 1 amide bonds. The monoisotopic (exact) mass is 401 g/mol. The summed E-state index contributed by atoms with van der Waals surface area (Å²) in [5, 5.41) is 11.4. The molecule has 3 rings (SSSR count). The van der Waals surface area contributed by atoms with Crippen LogP contribution in [-0.4, -0.2) is 21.4 Å². The highest BCUT2D eigenvalue weighted by molar-refractivity contribution is 8.00. The number of carbonyl (C=O) groups excluding carboxylic acids is 1. The SMILES string of the molecule is Cc1ccc(SC(C)C(=O)Nc2nnc(SCc3ccccc3)s2)cc1. The Labute approximate surface area is 165 Å². The molecule has 1 atom stereocenters. The smallest absolute Gasteiger partial charge is 0.239 e. The standard InChI is InChI=1S/C19H19N3OS3/c1-13-8-10-16(11-9-13)25-14(2)17(23)20-18-21-22-19(26-18)24-12-15-6-4-3-5-7-15/h3-11,14H,12H2,1-2H3,(H,20,21,23). The minimum absolute atomic E-state index is 0.0636. The molecule has 4 nitrogen and oxygen atoms in total. The van der Waals surface area contributed by atoms with E-state index in [1.54, 1.807) is 11.8 Å². The molecule has 0 aliphatic heterocycles. The molecule has 2 aromatic carbocycles. The molecule has 1 N–H and O–H groups in total. The molecule has 0 bridgehead atoms. The minimum atomic E-state index is -0.206. The van der Waals surface area contributed by atoms with E-state index in [1.807, 2.05) is 56.3 Å². The average molecular weight is 402 g/mol. The molecular weight excluding hydrogens is 382 g/mol. The molecule has 1 heterocycles. The van der Waals surface area contributed by atoms with Gasteiger partial charge in [-0.3, -0.25) is 10.1 Å². The molecule has 0 aliphatic rings. The Morgan fingerprint density at radius 3 is 2.58 bits per heavy atom. The van der Waals surface area contributed by atoms with E-state index in [4.69, 9.17) is 0 Å². The van der Waals surface area contributed by atoms with Crippen molar-refractivity contribution in [2.24, 2.45) is 0 Å². The van der Waals surface area contributed by atoms with Crippen molar-refractivity contribution in [1.82, 2.24) is 10.2 Å². The molecule has 26 heavy (non-hydrogen) atoms. The summed E-state index contributed by atoms with van der Waals surface area (Å²) in [6, 6.07) is 18.4. The van der Waals surface area contributed by atoms with Gasteiger partial charge in [0.1, 0.15) is 0 Å². The van der Waals surface area contributed by atoms with Gasteiger partial charge in [-0.2, -0.15) is 0 Å². The maximum Gasteiger partial charge on any atom is 0.239 e. The number of hydrogen-bond donors (Lipinski definition) is 1. The van der Waals surface area contributed by atoms with Crippen molar-refractivity contribution >= 4 is 45.9 Å². The predicted molar refractivity (Wildman–Crippen MR) is 111 cm³/mol. The first-order valence-corrected chi connectivity index (χ1v) is 10.8. The number of anilines is 1. The highest BCUT2D eigenvalue weighted by Gasteiger charge is 2.16. The first-order chi connectivity index (χ1) is 12.6. The van der Waals surface area contributed by atoms with E-state index in [9.17, 15) is 4.79 Å². The summed E-state index contributed by atoms with van der Waals surface area (Å²) in [5.41, 5.74) is 2.45. The Bertz CT molecular complexity index is 850. The predicted octanol–water partition coefficient (Wildman–Crippen LogP) is 5.26. The Morgan fingerprint density at radius 1 is 1.12 bits per heavy atom. The Balaban J connectivity index is 1.51. The van der Waals surface area contributed by atoms with E-state index >= 15 is 0 Å². The van der Waals surface area contributed by atoms with Crippen molar-refractivity contribution in [2.75, 3.05) is 5.32 Å². The summed E-state index contributed by atoms with van der Waals surface area (Å²) in [6.45, 7) is 3.94. The Hall–Kier alpha value is -1.83. The van der Waals surface area contributed by atoms with Gasteiger partial charge in [-0.15, -0.1) is 22.0 Å². The van der Waals surface area contributed by atoms with E-state index in [0.717, 1.165) is 15.0 Å². The minimum Gasteiger partial charge on any atom is -0.300 e. The molecule has 1 unspecified atom stereocenters. The fourth-order valence-corrected chi connectivity index (χ4v) is 4.70. The van der Waals surface area contributed by atoms with Crippen LogP contribution in [0.5, 0.6) is 0 Å². The zero-order valence-electron chi connectivity index (χ0n) is 14.5. The van der Waals surface area contributed by atoms with Crippen molar-refractivity contribution in [3.05, 3.63) is 65.7 Å². The molecule has 0 fully saturated rings. The molecule has 0 aliphatic carbocycles. The maximum absolute atomic E-state index is 12.4. The van der Waals surface area contributed by atoms with Gasteiger partial charge >= 0.3 is 0 Å². The lowest BCUT2D eigenvalue weighted by Gasteiger charge is -2.10. The summed E-state index contributed by atoms with van der Waals surface area (Å²) in [5.74, 6) is 0.773. The number of aromatic nitrogens is 2. The van der Waals surface area contributed by atoms with Crippen LogP contribution in [0.2, 0.25) is 0 Å². The van der Waals surface area contributed by atoms with Gasteiger partial charge in [0.2, 0.25) is 11.0 Å². The zero-order chi connectivity index (χ0) is 18.4. The van der Waals surface area contributed by atoms with Gasteiger partial charge in [-0.1, -0.05) is 71.1 Å². The van der Waals surface area contributed by atoms with E-state index in [1.165, 1.54) is 34.2 Å². The van der Waals surface area contributed by atoms with E-state index < -0.39 is 0 Å². The lowest BCUT2D eigenvalue weighted by Crippen LogP contribution is -2.22. The molecule has 0 spiro atoms. The van der Waals surface area contributed by atoms with Gasteiger partial charge in [0.05, 0.1) is 5.25 Å². The van der Waals surface area contributed by atoms with Crippen LogP contribution in [0.15, 0.2) is 63.8 Å². The summed E-state index contributed by atoms with van der Waals surface area (Å²) in [7, 11) is 0. The number of hydrogen-bond acceptors (Lipinski definition) is 6. The molecule has 7 heteroatoms. The fraction of sp³-hybridized carbons (Fsp3) is 0.211. The second-order valence-electron chi connectivity index (χ2n) is 5.71. The lowest BCUT2D eigenvalue weighted by atomic mass is 10.2. The molecule has 0 radical (unpaired) electrons. The van der Waals surface area contributed by atoms with Crippen LogP contribution in [0, 0.1) is 6.92 Å². The van der Waals surface area contributed by atoms with E-state index in [2.05, 4.69) is 27.6 Å². The maximum atomic E-state index is 12.4. The number of rotatable bonds is 7. The fourth-order valence-electron chi connectivity index (χ4n) is 2.12. The molecule has 0 saturated heterocycles. The number of nitrogens with zero attached hydrogens (tertiary/aromatic N) is 2. The summed E-state index contributed by atoms with van der Waals surface area (Å²) < 4.78 is 0.850. The lowest BCUT2D eigenvalue weighted by molar-refractivity contribution is -0.115. The third-order valence-electron chi connectivity index (χ3n) is 3.54. The van der Waals surface area contributed by atoms with Crippen molar-refractivity contribution < 1.29 is 4.79 Å². The highest BCUT2D eigenvalue weighted by atomic mass is 32.2. The van der Waals surface area contributed by atoms with Crippen LogP contribution in [0.4, 0.5) is 5.13 Å².